The van der Waals surface area contributed by atoms with Crippen molar-refractivity contribution in [1.29, 1.82) is 0 Å². The van der Waals surface area contributed by atoms with Crippen LogP contribution in [0.2, 0.25) is 0 Å². The van der Waals surface area contributed by atoms with Gasteiger partial charge < -0.3 is 9.30 Å². The van der Waals surface area contributed by atoms with E-state index in [9.17, 15) is 4.79 Å². The number of thioether (sulfide) groups is 1. The van der Waals surface area contributed by atoms with Crippen molar-refractivity contribution in [2.45, 2.75) is 20.4 Å². The Kier molecular flexibility index (Phi) is 5.47. The number of hydrogen-bond acceptors (Lipinski definition) is 4. The van der Waals surface area contributed by atoms with Crippen LogP contribution < -0.4 is 9.54 Å². The number of aromatic nitrogens is 1. The second-order valence-corrected chi connectivity index (χ2v) is 6.96. The van der Waals surface area contributed by atoms with Crippen LogP contribution in [0.3, 0.4) is 0 Å². The second-order valence-electron chi connectivity index (χ2n) is 4.97. The van der Waals surface area contributed by atoms with E-state index in [1.165, 1.54) is 0 Å². The van der Waals surface area contributed by atoms with Crippen molar-refractivity contribution in [3.63, 3.8) is 0 Å². The lowest BCUT2D eigenvalue weighted by Crippen LogP contribution is -2.19. The molecule has 1 aromatic heterocycles. The normalized spacial score (nSPS) is 12.3. The van der Waals surface area contributed by atoms with Crippen molar-refractivity contribution in [3.8, 4) is 5.75 Å². The average molecular weight is 324 g/mol. The van der Waals surface area contributed by atoms with E-state index in [4.69, 9.17) is 4.74 Å². The summed E-state index contributed by atoms with van der Waals surface area (Å²) in [7, 11) is 1.66. The Morgan fingerprint density at radius 1 is 1.48 bits per heavy atom. The lowest BCUT2D eigenvalue weighted by Gasteiger charge is -2.05. The van der Waals surface area contributed by atoms with Gasteiger partial charge in [-0.1, -0.05) is 25.2 Å². The fourth-order valence-corrected chi connectivity index (χ4v) is 3.29. The standard InChI is InChI=1S/C15H20N2O2S2/c1-10(2)14(18)16-15-17(7-8-20-4)12-9-11(19-3)5-6-13(12)21-15/h5-6,9-10H,7-8H2,1-4H3. The number of hydrogen-bond donors (Lipinski definition) is 0. The maximum Gasteiger partial charge on any atom is 0.250 e. The highest BCUT2D eigenvalue weighted by Gasteiger charge is 2.10. The molecule has 0 spiro atoms. The number of fused-ring (bicyclic) bond motifs is 1. The summed E-state index contributed by atoms with van der Waals surface area (Å²) < 4.78 is 8.53. The zero-order valence-electron chi connectivity index (χ0n) is 12.8. The topological polar surface area (TPSA) is 43.6 Å². The lowest BCUT2D eigenvalue weighted by atomic mass is 10.2. The monoisotopic (exact) mass is 324 g/mol. The predicted molar refractivity (Wildman–Crippen MR) is 90.2 cm³/mol. The highest BCUT2D eigenvalue weighted by molar-refractivity contribution is 7.98. The Hall–Kier alpha value is -1.27. The van der Waals surface area contributed by atoms with Crippen LogP contribution in [-0.4, -0.2) is 29.6 Å². The number of carbonyl (C=O) groups is 1. The highest BCUT2D eigenvalue weighted by Crippen LogP contribution is 2.23. The van der Waals surface area contributed by atoms with E-state index in [2.05, 4.69) is 15.8 Å². The fraction of sp³-hybridized carbons (Fsp3) is 0.467. The van der Waals surface area contributed by atoms with Crippen LogP contribution >= 0.6 is 23.1 Å². The van der Waals surface area contributed by atoms with Crippen LogP contribution in [0, 0.1) is 5.92 Å². The van der Waals surface area contributed by atoms with Gasteiger partial charge in [-0.3, -0.25) is 4.79 Å². The molecule has 1 heterocycles. The first-order chi connectivity index (χ1) is 10.1. The molecule has 0 saturated carbocycles. The second kappa shape index (κ2) is 7.13. The van der Waals surface area contributed by atoms with Crippen molar-refractivity contribution in [2.75, 3.05) is 19.1 Å². The summed E-state index contributed by atoms with van der Waals surface area (Å²) in [6, 6.07) is 5.96. The van der Waals surface area contributed by atoms with E-state index in [1.54, 1.807) is 30.2 Å². The Balaban J connectivity index is 2.60. The van der Waals surface area contributed by atoms with Crippen molar-refractivity contribution in [3.05, 3.63) is 23.0 Å². The van der Waals surface area contributed by atoms with Crippen molar-refractivity contribution in [1.82, 2.24) is 4.57 Å². The first-order valence-electron chi connectivity index (χ1n) is 6.81. The highest BCUT2D eigenvalue weighted by atomic mass is 32.2. The number of carbonyl (C=O) groups excluding carboxylic acids is 1. The first-order valence-corrected chi connectivity index (χ1v) is 9.02. The van der Waals surface area contributed by atoms with E-state index in [0.29, 0.717) is 0 Å². The molecule has 0 aliphatic carbocycles. The van der Waals surface area contributed by atoms with Gasteiger partial charge in [0, 0.05) is 24.3 Å². The van der Waals surface area contributed by atoms with Gasteiger partial charge in [0.15, 0.2) is 4.80 Å². The first kappa shape index (κ1) is 16.1. The van der Waals surface area contributed by atoms with Gasteiger partial charge in [-0.2, -0.15) is 16.8 Å². The van der Waals surface area contributed by atoms with Gasteiger partial charge in [-0.15, -0.1) is 0 Å². The number of thiazole rings is 1. The molecule has 114 valence electrons. The van der Waals surface area contributed by atoms with Gasteiger partial charge in [0.1, 0.15) is 5.75 Å². The Bertz CT molecular complexity index is 701. The molecule has 1 amide bonds. The summed E-state index contributed by atoms with van der Waals surface area (Å²) in [6.45, 7) is 4.57. The van der Waals surface area contributed by atoms with E-state index in [0.717, 1.165) is 33.1 Å². The summed E-state index contributed by atoms with van der Waals surface area (Å²) in [5, 5.41) is 0. The molecule has 0 aliphatic rings. The van der Waals surface area contributed by atoms with Gasteiger partial charge >= 0.3 is 0 Å². The SMILES string of the molecule is COc1ccc2sc(=NC(=O)C(C)C)n(CCSC)c2c1. The zero-order chi connectivity index (χ0) is 15.4. The number of ether oxygens (including phenoxy) is 1. The Labute approximate surface area is 132 Å². The lowest BCUT2D eigenvalue weighted by molar-refractivity contribution is -0.120. The molecular formula is C15H20N2O2S2. The molecule has 1 aromatic carbocycles. The van der Waals surface area contributed by atoms with Crippen LogP contribution in [0.5, 0.6) is 5.75 Å². The molecule has 0 atom stereocenters. The molecule has 0 bridgehead atoms. The summed E-state index contributed by atoms with van der Waals surface area (Å²) in [6.07, 6.45) is 2.08. The van der Waals surface area contributed by atoms with Gasteiger partial charge in [0.25, 0.3) is 5.91 Å². The van der Waals surface area contributed by atoms with Crippen LogP contribution in [0.1, 0.15) is 13.8 Å². The average Bonchev–Trinajstić information content (AvgIpc) is 2.81. The molecular weight excluding hydrogens is 304 g/mol. The van der Waals surface area contributed by atoms with E-state index in [-0.39, 0.29) is 11.8 Å². The van der Waals surface area contributed by atoms with E-state index in [1.807, 2.05) is 32.0 Å². The number of amides is 1. The molecule has 2 aromatic rings. The molecule has 0 unspecified atom stereocenters. The van der Waals surface area contributed by atoms with E-state index >= 15 is 0 Å². The fourth-order valence-electron chi connectivity index (χ4n) is 1.88. The number of nitrogens with zero attached hydrogens (tertiary/aromatic N) is 2. The predicted octanol–water partition coefficient (Wildman–Crippen LogP) is 3.16. The van der Waals surface area contributed by atoms with Crippen LogP contribution in [-0.2, 0) is 11.3 Å². The molecule has 0 fully saturated rings. The molecule has 0 aliphatic heterocycles. The van der Waals surface area contributed by atoms with Gasteiger partial charge in [0.2, 0.25) is 0 Å². The Morgan fingerprint density at radius 3 is 2.86 bits per heavy atom. The molecule has 4 nitrogen and oxygen atoms in total. The summed E-state index contributed by atoms with van der Waals surface area (Å²) >= 11 is 3.33. The quantitative estimate of drug-likeness (QED) is 0.848. The third-order valence-electron chi connectivity index (χ3n) is 3.11. The number of benzene rings is 1. The number of methoxy groups -OCH3 is 1. The van der Waals surface area contributed by atoms with Crippen molar-refractivity contribution < 1.29 is 9.53 Å². The largest absolute Gasteiger partial charge is 0.497 e. The minimum Gasteiger partial charge on any atom is -0.497 e. The zero-order valence-corrected chi connectivity index (χ0v) is 14.4. The molecule has 0 radical (unpaired) electrons. The maximum absolute atomic E-state index is 11.9. The van der Waals surface area contributed by atoms with Crippen LogP contribution in [0.25, 0.3) is 10.2 Å². The number of rotatable bonds is 5. The molecule has 6 heteroatoms. The summed E-state index contributed by atoms with van der Waals surface area (Å²) in [5.74, 6) is 1.64. The molecule has 0 N–H and O–H groups in total. The maximum atomic E-state index is 11.9. The van der Waals surface area contributed by atoms with Gasteiger partial charge in [-0.05, 0) is 18.4 Å². The third-order valence-corrected chi connectivity index (χ3v) is 4.76. The van der Waals surface area contributed by atoms with Crippen LogP contribution in [0.4, 0.5) is 0 Å². The summed E-state index contributed by atoms with van der Waals surface area (Å²) in [5.41, 5.74) is 1.07. The van der Waals surface area contributed by atoms with E-state index < -0.39 is 0 Å². The molecule has 2 rings (SSSR count). The van der Waals surface area contributed by atoms with Crippen molar-refractivity contribution in [2.24, 2.45) is 10.9 Å². The minimum atomic E-state index is -0.0845. The van der Waals surface area contributed by atoms with Gasteiger partial charge in [0.05, 0.1) is 17.3 Å². The Morgan fingerprint density at radius 2 is 2.24 bits per heavy atom. The molecule has 0 saturated heterocycles. The van der Waals surface area contributed by atoms with Gasteiger partial charge in [-0.25, -0.2) is 0 Å². The minimum absolute atomic E-state index is 0.0774. The van der Waals surface area contributed by atoms with Crippen LogP contribution in [0.15, 0.2) is 23.2 Å². The smallest absolute Gasteiger partial charge is 0.250 e. The molecule has 21 heavy (non-hydrogen) atoms. The summed E-state index contributed by atoms with van der Waals surface area (Å²) in [4.78, 5) is 17.0. The third kappa shape index (κ3) is 3.68. The number of aryl methyl sites for hydroxylation is 1. The van der Waals surface area contributed by atoms with Crippen molar-refractivity contribution >= 4 is 39.2 Å².